The lowest BCUT2D eigenvalue weighted by Gasteiger charge is -1.99. The number of aromatic nitrogens is 1. The minimum absolute atomic E-state index is 0.123. The van der Waals surface area contributed by atoms with Gasteiger partial charge in [-0.3, -0.25) is 4.79 Å². The molecule has 0 bridgehead atoms. The van der Waals surface area contributed by atoms with Gasteiger partial charge in [0.1, 0.15) is 16.6 Å². The van der Waals surface area contributed by atoms with Gasteiger partial charge in [0.05, 0.1) is 25.4 Å². The maximum atomic E-state index is 13.0. The van der Waals surface area contributed by atoms with Crippen LogP contribution < -0.4 is 10.2 Å². The Morgan fingerprint density at radius 2 is 1.96 bits per heavy atom. The van der Waals surface area contributed by atoms with Crippen molar-refractivity contribution in [1.29, 1.82) is 0 Å². The van der Waals surface area contributed by atoms with Crippen molar-refractivity contribution in [2.75, 3.05) is 7.11 Å². The number of ether oxygens (including phenoxy) is 1. The SMILES string of the molecule is COc1ccc(/C=N\NC(=O)Cc2csc(-c3ccc(F)cc3)n2)cc1. The number of methoxy groups -OCH3 is 1. The smallest absolute Gasteiger partial charge is 0.246 e. The third kappa shape index (κ3) is 4.73. The van der Waals surface area contributed by atoms with Crippen LogP contribution in [0.4, 0.5) is 4.39 Å². The van der Waals surface area contributed by atoms with Gasteiger partial charge < -0.3 is 4.74 Å². The molecule has 0 fully saturated rings. The molecule has 7 heteroatoms. The second kappa shape index (κ2) is 8.35. The molecule has 0 atom stereocenters. The first-order valence-electron chi connectivity index (χ1n) is 7.80. The molecule has 26 heavy (non-hydrogen) atoms. The summed E-state index contributed by atoms with van der Waals surface area (Å²) in [6.45, 7) is 0. The average molecular weight is 369 g/mol. The van der Waals surface area contributed by atoms with Crippen LogP contribution in [-0.2, 0) is 11.2 Å². The predicted molar refractivity (Wildman–Crippen MR) is 99.9 cm³/mol. The molecular weight excluding hydrogens is 353 g/mol. The average Bonchev–Trinajstić information content (AvgIpc) is 3.11. The molecule has 3 rings (SSSR count). The van der Waals surface area contributed by atoms with Crippen molar-refractivity contribution >= 4 is 23.5 Å². The molecule has 0 saturated carbocycles. The number of hydrazone groups is 1. The summed E-state index contributed by atoms with van der Waals surface area (Å²) in [5.41, 5.74) is 4.79. The highest BCUT2D eigenvalue weighted by Gasteiger charge is 2.08. The summed E-state index contributed by atoms with van der Waals surface area (Å²) in [7, 11) is 1.60. The van der Waals surface area contributed by atoms with Crippen LogP contribution in [0.1, 0.15) is 11.3 Å². The van der Waals surface area contributed by atoms with E-state index in [0.29, 0.717) is 5.69 Å². The third-order valence-electron chi connectivity index (χ3n) is 3.50. The molecule has 2 aromatic carbocycles. The molecule has 0 radical (unpaired) electrons. The van der Waals surface area contributed by atoms with Gasteiger partial charge in [-0.15, -0.1) is 11.3 Å². The second-order valence-electron chi connectivity index (χ2n) is 5.39. The van der Waals surface area contributed by atoms with Crippen molar-refractivity contribution in [3.63, 3.8) is 0 Å². The van der Waals surface area contributed by atoms with E-state index in [-0.39, 0.29) is 18.1 Å². The zero-order chi connectivity index (χ0) is 18.4. The molecule has 132 valence electrons. The molecule has 1 N–H and O–H groups in total. The number of benzene rings is 2. The van der Waals surface area contributed by atoms with Crippen LogP contribution in [0.25, 0.3) is 10.6 Å². The van der Waals surface area contributed by atoms with Crippen molar-refractivity contribution in [3.05, 3.63) is 71.0 Å². The topological polar surface area (TPSA) is 63.6 Å². The summed E-state index contributed by atoms with van der Waals surface area (Å²) in [4.78, 5) is 16.4. The number of halogens is 1. The first-order chi connectivity index (χ1) is 12.6. The minimum atomic E-state index is -0.292. The van der Waals surface area contributed by atoms with E-state index < -0.39 is 0 Å². The Hall–Kier alpha value is -3.06. The van der Waals surface area contributed by atoms with Crippen molar-refractivity contribution in [2.45, 2.75) is 6.42 Å². The number of rotatable bonds is 6. The number of carbonyl (C=O) groups is 1. The fourth-order valence-corrected chi connectivity index (χ4v) is 3.01. The number of amides is 1. The highest BCUT2D eigenvalue weighted by Crippen LogP contribution is 2.24. The predicted octanol–water partition coefficient (Wildman–Crippen LogP) is 3.65. The van der Waals surface area contributed by atoms with E-state index in [4.69, 9.17) is 4.74 Å². The van der Waals surface area contributed by atoms with Crippen LogP contribution in [0.2, 0.25) is 0 Å². The van der Waals surface area contributed by atoms with E-state index >= 15 is 0 Å². The van der Waals surface area contributed by atoms with Gasteiger partial charge in [-0.05, 0) is 54.1 Å². The van der Waals surface area contributed by atoms with Gasteiger partial charge >= 0.3 is 0 Å². The van der Waals surface area contributed by atoms with Crippen molar-refractivity contribution in [3.8, 4) is 16.3 Å². The van der Waals surface area contributed by atoms with E-state index in [1.807, 2.05) is 29.6 Å². The van der Waals surface area contributed by atoms with Crippen molar-refractivity contribution < 1.29 is 13.9 Å². The first kappa shape index (κ1) is 17.8. The largest absolute Gasteiger partial charge is 0.497 e. The molecule has 0 aliphatic carbocycles. The standard InChI is InChI=1S/C19H16FN3O2S/c1-25-17-8-2-13(3-9-17)11-21-23-18(24)10-16-12-26-19(22-16)14-4-6-15(20)7-5-14/h2-9,11-12H,10H2,1H3,(H,23,24)/b21-11-. The van der Waals surface area contributed by atoms with Crippen LogP contribution in [0.15, 0.2) is 59.0 Å². The number of nitrogens with one attached hydrogen (secondary N) is 1. The Labute approximate surface area is 154 Å². The number of thiazole rings is 1. The Morgan fingerprint density at radius 1 is 1.23 bits per heavy atom. The third-order valence-corrected chi connectivity index (χ3v) is 4.44. The zero-order valence-electron chi connectivity index (χ0n) is 14.0. The zero-order valence-corrected chi connectivity index (χ0v) is 14.8. The summed E-state index contributed by atoms with van der Waals surface area (Å²) in [5.74, 6) is 0.206. The molecule has 5 nitrogen and oxygen atoms in total. The maximum Gasteiger partial charge on any atom is 0.246 e. The van der Waals surface area contributed by atoms with E-state index in [2.05, 4.69) is 15.5 Å². The molecule has 1 aromatic heterocycles. The first-order valence-corrected chi connectivity index (χ1v) is 8.68. The number of nitrogens with zero attached hydrogens (tertiary/aromatic N) is 2. The van der Waals surface area contributed by atoms with E-state index in [1.165, 1.54) is 23.5 Å². The van der Waals surface area contributed by atoms with Crippen LogP contribution in [-0.4, -0.2) is 24.2 Å². The number of hydrogen-bond donors (Lipinski definition) is 1. The highest BCUT2D eigenvalue weighted by molar-refractivity contribution is 7.13. The van der Waals surface area contributed by atoms with Gasteiger partial charge in [0, 0.05) is 10.9 Å². The number of hydrogen-bond acceptors (Lipinski definition) is 5. The van der Waals surface area contributed by atoms with Crippen molar-refractivity contribution in [2.24, 2.45) is 5.10 Å². The fourth-order valence-electron chi connectivity index (χ4n) is 2.19. The lowest BCUT2D eigenvalue weighted by molar-refractivity contribution is -0.120. The monoisotopic (exact) mass is 369 g/mol. The van der Waals surface area contributed by atoms with E-state index in [9.17, 15) is 9.18 Å². The number of carbonyl (C=O) groups excluding carboxylic acids is 1. The normalized spacial score (nSPS) is 10.8. The maximum absolute atomic E-state index is 13.0. The second-order valence-corrected chi connectivity index (χ2v) is 6.25. The lowest BCUT2D eigenvalue weighted by atomic mass is 10.2. The quantitative estimate of drug-likeness (QED) is 0.533. The van der Waals surface area contributed by atoms with E-state index in [1.54, 1.807) is 25.5 Å². The Bertz CT molecular complexity index is 905. The summed E-state index contributed by atoms with van der Waals surface area (Å²) < 4.78 is 18.0. The summed E-state index contributed by atoms with van der Waals surface area (Å²) in [5, 5.41) is 6.49. The molecule has 0 aliphatic heterocycles. The molecule has 0 spiro atoms. The highest BCUT2D eigenvalue weighted by atomic mass is 32.1. The molecule has 3 aromatic rings. The Morgan fingerprint density at radius 3 is 2.65 bits per heavy atom. The van der Waals surface area contributed by atoms with Crippen molar-refractivity contribution in [1.82, 2.24) is 10.4 Å². The van der Waals surface area contributed by atoms with Gasteiger partial charge in [-0.25, -0.2) is 14.8 Å². The molecular formula is C19H16FN3O2S. The summed E-state index contributed by atoms with van der Waals surface area (Å²) >= 11 is 1.41. The lowest BCUT2D eigenvalue weighted by Crippen LogP contribution is -2.19. The van der Waals surface area contributed by atoms with Gasteiger partial charge in [-0.1, -0.05) is 0 Å². The van der Waals surface area contributed by atoms with E-state index in [0.717, 1.165) is 21.9 Å². The van der Waals surface area contributed by atoms with Gasteiger partial charge in [0.15, 0.2) is 0 Å². The fraction of sp³-hybridized carbons (Fsp3) is 0.105. The van der Waals surface area contributed by atoms with Crippen LogP contribution in [0, 0.1) is 5.82 Å². The molecule has 0 saturated heterocycles. The molecule has 0 aliphatic rings. The molecule has 1 heterocycles. The minimum Gasteiger partial charge on any atom is -0.497 e. The Balaban J connectivity index is 1.54. The van der Waals surface area contributed by atoms with Crippen LogP contribution in [0.5, 0.6) is 5.75 Å². The molecule has 0 unspecified atom stereocenters. The summed E-state index contributed by atoms with van der Waals surface area (Å²) in [6, 6.07) is 13.4. The van der Waals surface area contributed by atoms with Crippen LogP contribution >= 0.6 is 11.3 Å². The van der Waals surface area contributed by atoms with Gasteiger partial charge in [0.25, 0.3) is 0 Å². The Kier molecular flexibility index (Phi) is 5.70. The van der Waals surface area contributed by atoms with Gasteiger partial charge in [0.2, 0.25) is 5.91 Å². The summed E-state index contributed by atoms with van der Waals surface area (Å²) in [6.07, 6.45) is 1.68. The van der Waals surface area contributed by atoms with Gasteiger partial charge in [-0.2, -0.15) is 5.10 Å². The van der Waals surface area contributed by atoms with Crippen LogP contribution in [0.3, 0.4) is 0 Å². The molecule has 1 amide bonds.